The van der Waals surface area contributed by atoms with Gasteiger partial charge in [-0.1, -0.05) is 18.2 Å². The van der Waals surface area contributed by atoms with Crippen molar-refractivity contribution in [2.24, 2.45) is 0 Å². The molecule has 1 aliphatic rings. The summed E-state index contributed by atoms with van der Waals surface area (Å²) in [6, 6.07) is 12.7. The molecule has 1 atom stereocenters. The van der Waals surface area contributed by atoms with Crippen molar-refractivity contribution in [1.82, 2.24) is 4.98 Å². The Labute approximate surface area is 127 Å². The van der Waals surface area contributed by atoms with Gasteiger partial charge < -0.3 is 10.2 Å². The van der Waals surface area contributed by atoms with E-state index in [9.17, 15) is 9.18 Å². The van der Waals surface area contributed by atoms with Gasteiger partial charge in [0.2, 0.25) is 5.91 Å². The van der Waals surface area contributed by atoms with Crippen molar-refractivity contribution in [1.29, 1.82) is 5.26 Å². The number of aromatic nitrogens is 1. The van der Waals surface area contributed by atoms with Gasteiger partial charge in [-0.25, -0.2) is 9.37 Å². The zero-order valence-corrected chi connectivity index (χ0v) is 11.7. The predicted octanol–water partition coefficient (Wildman–Crippen LogP) is 2.31. The Bertz CT molecular complexity index is 756. The highest BCUT2D eigenvalue weighted by molar-refractivity contribution is 6.01. The second-order valence-corrected chi connectivity index (χ2v) is 4.95. The molecule has 0 radical (unpaired) electrons. The summed E-state index contributed by atoms with van der Waals surface area (Å²) in [4.78, 5) is 17.9. The predicted molar refractivity (Wildman–Crippen MR) is 79.7 cm³/mol. The molecule has 1 N–H and O–H groups in total. The van der Waals surface area contributed by atoms with Crippen LogP contribution >= 0.6 is 0 Å². The molecule has 1 aromatic heterocycles. The second kappa shape index (κ2) is 5.82. The normalized spacial score (nSPS) is 17.4. The maximum atomic E-state index is 13.8. The summed E-state index contributed by atoms with van der Waals surface area (Å²) < 4.78 is 13.8. The van der Waals surface area contributed by atoms with Gasteiger partial charge >= 0.3 is 0 Å². The van der Waals surface area contributed by atoms with E-state index in [1.54, 1.807) is 36.4 Å². The topological polar surface area (TPSA) is 69.0 Å². The highest BCUT2D eigenvalue weighted by atomic mass is 19.1. The molecule has 1 amide bonds. The van der Waals surface area contributed by atoms with Crippen LogP contribution in [0.25, 0.3) is 0 Å². The number of hydrogen-bond donors (Lipinski definition) is 1. The number of carbonyl (C=O) groups is 1. The number of nitrogens with zero attached hydrogens (tertiary/aromatic N) is 3. The van der Waals surface area contributed by atoms with Crippen LogP contribution in [0.15, 0.2) is 42.5 Å². The molecule has 0 spiro atoms. The summed E-state index contributed by atoms with van der Waals surface area (Å²) in [6.07, 6.45) is 0.547. The molecule has 2 aromatic rings. The Morgan fingerprint density at radius 3 is 2.86 bits per heavy atom. The quantitative estimate of drug-likeness (QED) is 0.943. The van der Waals surface area contributed by atoms with Gasteiger partial charge in [0, 0.05) is 6.54 Å². The third kappa shape index (κ3) is 2.61. The summed E-state index contributed by atoms with van der Waals surface area (Å²) >= 11 is 0. The summed E-state index contributed by atoms with van der Waals surface area (Å²) in [5.74, 6) is -0.150. The van der Waals surface area contributed by atoms with Gasteiger partial charge in [0.1, 0.15) is 29.4 Å². The van der Waals surface area contributed by atoms with Crippen molar-refractivity contribution >= 4 is 17.4 Å². The second-order valence-electron chi connectivity index (χ2n) is 4.95. The minimum Gasteiger partial charge on any atom is -0.358 e. The van der Waals surface area contributed by atoms with E-state index in [1.807, 2.05) is 6.07 Å². The van der Waals surface area contributed by atoms with E-state index in [4.69, 9.17) is 5.26 Å². The minimum atomic E-state index is -0.471. The monoisotopic (exact) mass is 296 g/mol. The summed E-state index contributed by atoms with van der Waals surface area (Å²) in [5, 5.41) is 11.8. The lowest BCUT2D eigenvalue weighted by molar-refractivity contribution is -0.117. The Kier molecular flexibility index (Phi) is 3.71. The molecule has 0 saturated carbocycles. The first-order chi connectivity index (χ1) is 10.7. The van der Waals surface area contributed by atoms with Crippen LogP contribution in [0, 0.1) is 17.1 Å². The van der Waals surface area contributed by atoms with Gasteiger partial charge in [-0.2, -0.15) is 5.26 Å². The molecule has 1 aromatic carbocycles. The number of nitriles is 1. The molecule has 1 aliphatic heterocycles. The zero-order valence-electron chi connectivity index (χ0n) is 11.7. The van der Waals surface area contributed by atoms with E-state index >= 15 is 0 Å². The SMILES string of the molecule is N#Cc1cccc(NC2CCN(c3ccccc3F)C2=O)n1. The molecular formula is C16H13FN4O. The van der Waals surface area contributed by atoms with Gasteiger partial charge in [0.05, 0.1) is 5.69 Å². The lowest BCUT2D eigenvalue weighted by Crippen LogP contribution is -2.34. The fourth-order valence-electron chi connectivity index (χ4n) is 2.48. The number of anilines is 2. The molecule has 0 aliphatic carbocycles. The smallest absolute Gasteiger partial charge is 0.249 e. The van der Waals surface area contributed by atoms with Crippen molar-refractivity contribution < 1.29 is 9.18 Å². The Hall–Kier alpha value is -2.94. The number of carbonyl (C=O) groups excluding carboxylic acids is 1. The van der Waals surface area contributed by atoms with Crippen LogP contribution in [-0.2, 0) is 4.79 Å². The average molecular weight is 296 g/mol. The number of amides is 1. The van der Waals surface area contributed by atoms with Gasteiger partial charge in [-0.15, -0.1) is 0 Å². The maximum absolute atomic E-state index is 13.8. The lowest BCUT2D eigenvalue weighted by atomic mass is 10.2. The van der Waals surface area contributed by atoms with Crippen molar-refractivity contribution in [3.05, 3.63) is 54.0 Å². The van der Waals surface area contributed by atoms with Gasteiger partial charge in [0.25, 0.3) is 0 Å². The van der Waals surface area contributed by atoms with Crippen molar-refractivity contribution in [3.8, 4) is 6.07 Å². The van der Waals surface area contributed by atoms with Crippen LogP contribution in [0.1, 0.15) is 12.1 Å². The van der Waals surface area contributed by atoms with Gasteiger partial charge in [-0.3, -0.25) is 4.79 Å². The molecule has 6 heteroatoms. The number of para-hydroxylation sites is 1. The van der Waals surface area contributed by atoms with E-state index in [2.05, 4.69) is 10.3 Å². The van der Waals surface area contributed by atoms with Crippen molar-refractivity contribution in [2.45, 2.75) is 12.5 Å². The zero-order chi connectivity index (χ0) is 15.5. The number of benzene rings is 1. The third-order valence-corrected chi connectivity index (χ3v) is 3.53. The molecular weight excluding hydrogens is 283 g/mol. The molecule has 110 valence electrons. The minimum absolute atomic E-state index is 0.200. The largest absolute Gasteiger partial charge is 0.358 e. The van der Waals surface area contributed by atoms with Crippen LogP contribution in [0.2, 0.25) is 0 Å². The Balaban J connectivity index is 1.77. The maximum Gasteiger partial charge on any atom is 0.249 e. The standard InChI is InChI=1S/C16H13FN4O/c17-12-5-1-2-6-14(12)21-9-8-13(16(21)22)20-15-7-3-4-11(10-18)19-15/h1-7,13H,8-9H2,(H,19,20). The average Bonchev–Trinajstić information content (AvgIpc) is 2.89. The summed E-state index contributed by atoms with van der Waals surface area (Å²) in [6.45, 7) is 0.440. The highest BCUT2D eigenvalue weighted by Crippen LogP contribution is 2.25. The van der Waals surface area contributed by atoms with Crippen LogP contribution in [0.4, 0.5) is 15.9 Å². The lowest BCUT2D eigenvalue weighted by Gasteiger charge is -2.18. The van der Waals surface area contributed by atoms with Crippen molar-refractivity contribution in [2.75, 3.05) is 16.8 Å². The van der Waals surface area contributed by atoms with Crippen molar-refractivity contribution in [3.63, 3.8) is 0 Å². The molecule has 22 heavy (non-hydrogen) atoms. The summed E-state index contributed by atoms with van der Waals surface area (Å²) in [5.41, 5.74) is 0.567. The number of halogens is 1. The molecule has 0 bridgehead atoms. The molecule has 1 unspecified atom stereocenters. The Morgan fingerprint density at radius 1 is 1.27 bits per heavy atom. The molecule has 1 fully saturated rings. The molecule has 1 saturated heterocycles. The van der Waals surface area contributed by atoms with E-state index in [0.717, 1.165) is 0 Å². The number of nitrogens with one attached hydrogen (secondary N) is 1. The van der Waals surface area contributed by atoms with E-state index in [1.165, 1.54) is 11.0 Å². The first-order valence-corrected chi connectivity index (χ1v) is 6.88. The first-order valence-electron chi connectivity index (χ1n) is 6.88. The van der Waals surface area contributed by atoms with Crippen LogP contribution in [0.3, 0.4) is 0 Å². The number of hydrogen-bond acceptors (Lipinski definition) is 4. The highest BCUT2D eigenvalue weighted by Gasteiger charge is 2.33. The summed E-state index contributed by atoms with van der Waals surface area (Å²) in [7, 11) is 0. The molecule has 3 rings (SSSR count). The van der Waals surface area contributed by atoms with Crippen LogP contribution in [0.5, 0.6) is 0 Å². The molecule has 5 nitrogen and oxygen atoms in total. The van der Waals surface area contributed by atoms with E-state index < -0.39 is 11.9 Å². The number of rotatable bonds is 3. The Morgan fingerprint density at radius 2 is 2.09 bits per heavy atom. The van der Waals surface area contributed by atoms with Gasteiger partial charge in [0.15, 0.2) is 0 Å². The van der Waals surface area contributed by atoms with E-state index in [-0.39, 0.29) is 17.3 Å². The third-order valence-electron chi connectivity index (χ3n) is 3.53. The van der Waals surface area contributed by atoms with E-state index in [0.29, 0.717) is 18.8 Å². The number of pyridine rings is 1. The van der Waals surface area contributed by atoms with Crippen LogP contribution < -0.4 is 10.2 Å². The van der Waals surface area contributed by atoms with Crippen LogP contribution in [-0.4, -0.2) is 23.5 Å². The van der Waals surface area contributed by atoms with Gasteiger partial charge in [-0.05, 0) is 30.7 Å². The first kappa shape index (κ1) is 14.0. The fraction of sp³-hybridized carbons (Fsp3) is 0.188. The molecule has 2 heterocycles. The fourth-order valence-corrected chi connectivity index (χ4v) is 2.48.